The van der Waals surface area contributed by atoms with Crippen LogP contribution >= 0.6 is 0 Å². The molecule has 1 aliphatic heterocycles. The second-order valence-corrected chi connectivity index (χ2v) is 5.75. The lowest BCUT2D eigenvalue weighted by atomic mass is 10.0. The third-order valence-corrected chi connectivity index (χ3v) is 2.82. The summed E-state index contributed by atoms with van der Waals surface area (Å²) in [6, 6.07) is -0.972. The van der Waals surface area contributed by atoms with E-state index in [1.165, 1.54) is 0 Å². The van der Waals surface area contributed by atoms with Crippen molar-refractivity contribution in [3.05, 3.63) is 0 Å². The molecule has 1 fully saturated rings. The van der Waals surface area contributed by atoms with Gasteiger partial charge in [0.1, 0.15) is 12.6 Å². The fraction of sp³-hybridized carbons (Fsp3) is 0.769. The molecule has 0 aromatic rings. The Hall–Kier alpha value is -1.59. The van der Waals surface area contributed by atoms with Crippen LogP contribution in [0.2, 0.25) is 0 Å². The molecule has 19 heavy (non-hydrogen) atoms. The minimum absolute atomic E-state index is 0.202. The van der Waals surface area contributed by atoms with Gasteiger partial charge in [-0.05, 0) is 18.3 Å². The molecule has 1 atom stereocenters. The first-order valence-corrected chi connectivity index (χ1v) is 6.69. The molecule has 1 heterocycles. The zero-order chi connectivity index (χ0) is 14.6. The molecule has 0 aliphatic carbocycles. The Kier molecular flexibility index (Phi) is 5.32. The molecule has 1 aliphatic rings. The quantitative estimate of drug-likeness (QED) is 0.698. The van der Waals surface area contributed by atoms with Crippen molar-refractivity contribution < 1.29 is 14.4 Å². The Morgan fingerprint density at radius 2 is 1.89 bits per heavy atom. The second kappa shape index (κ2) is 6.54. The van der Waals surface area contributed by atoms with E-state index in [-0.39, 0.29) is 18.4 Å². The van der Waals surface area contributed by atoms with Crippen molar-refractivity contribution in [1.82, 2.24) is 15.5 Å². The van der Waals surface area contributed by atoms with Crippen LogP contribution in [0.3, 0.4) is 0 Å². The van der Waals surface area contributed by atoms with Gasteiger partial charge in [0.2, 0.25) is 5.91 Å². The summed E-state index contributed by atoms with van der Waals surface area (Å²) < 4.78 is 0. The third-order valence-electron chi connectivity index (χ3n) is 2.82. The average Bonchev–Trinajstić information content (AvgIpc) is 2.53. The molecule has 1 saturated heterocycles. The van der Waals surface area contributed by atoms with E-state index in [1.54, 1.807) is 0 Å². The summed E-state index contributed by atoms with van der Waals surface area (Å²) in [5, 5.41) is 5.31. The van der Waals surface area contributed by atoms with Gasteiger partial charge in [-0.2, -0.15) is 0 Å². The van der Waals surface area contributed by atoms with Crippen LogP contribution in [-0.4, -0.2) is 41.9 Å². The van der Waals surface area contributed by atoms with Crippen LogP contribution in [-0.2, 0) is 9.59 Å². The molecule has 4 amide bonds. The van der Waals surface area contributed by atoms with Crippen LogP contribution in [0.4, 0.5) is 4.79 Å². The Morgan fingerprint density at radius 1 is 1.26 bits per heavy atom. The summed E-state index contributed by atoms with van der Waals surface area (Å²) >= 11 is 0. The van der Waals surface area contributed by atoms with Crippen molar-refractivity contribution in [3.63, 3.8) is 0 Å². The molecule has 0 bridgehead atoms. The standard InChI is InChI=1S/C13H23N3O3/c1-8(2)5-10-12(18)16(13(19)15-10)7-11(17)14-6-9(3)4/h8-10H,5-7H2,1-4H3,(H,14,17)(H,15,19)/t10-/m0/s1. The number of carbonyl (C=O) groups excluding carboxylic acids is 3. The van der Waals surface area contributed by atoms with Crippen molar-refractivity contribution in [2.75, 3.05) is 13.1 Å². The molecule has 0 aromatic carbocycles. The van der Waals surface area contributed by atoms with Crippen LogP contribution in [0.15, 0.2) is 0 Å². The van der Waals surface area contributed by atoms with E-state index >= 15 is 0 Å². The number of nitrogens with one attached hydrogen (secondary N) is 2. The van der Waals surface area contributed by atoms with Gasteiger partial charge in [0.05, 0.1) is 0 Å². The number of hydrogen-bond acceptors (Lipinski definition) is 3. The van der Waals surface area contributed by atoms with Gasteiger partial charge in [-0.1, -0.05) is 27.7 Å². The highest BCUT2D eigenvalue weighted by atomic mass is 16.2. The Morgan fingerprint density at radius 3 is 2.42 bits per heavy atom. The fourth-order valence-corrected chi connectivity index (χ4v) is 1.88. The number of hydrogen-bond donors (Lipinski definition) is 2. The number of nitrogens with zero attached hydrogens (tertiary/aromatic N) is 1. The van der Waals surface area contributed by atoms with Crippen LogP contribution in [0.1, 0.15) is 34.1 Å². The Bertz CT molecular complexity index is 366. The number of rotatable bonds is 6. The molecule has 0 saturated carbocycles. The highest BCUT2D eigenvalue weighted by Crippen LogP contribution is 2.13. The van der Waals surface area contributed by atoms with Crippen LogP contribution in [0, 0.1) is 11.8 Å². The second-order valence-electron chi connectivity index (χ2n) is 5.75. The largest absolute Gasteiger partial charge is 0.354 e. The first kappa shape index (κ1) is 15.5. The van der Waals surface area contributed by atoms with E-state index in [0.29, 0.717) is 24.8 Å². The molecular weight excluding hydrogens is 246 g/mol. The highest BCUT2D eigenvalue weighted by molar-refractivity contribution is 6.06. The van der Waals surface area contributed by atoms with Crippen LogP contribution < -0.4 is 10.6 Å². The average molecular weight is 269 g/mol. The molecule has 0 aromatic heterocycles. The molecule has 0 radical (unpaired) electrons. The molecule has 6 heteroatoms. The summed E-state index contributed by atoms with van der Waals surface area (Å²) in [5.41, 5.74) is 0. The summed E-state index contributed by atoms with van der Waals surface area (Å²) in [6.45, 7) is 8.26. The van der Waals surface area contributed by atoms with Crippen molar-refractivity contribution in [1.29, 1.82) is 0 Å². The lowest BCUT2D eigenvalue weighted by Gasteiger charge is -2.14. The number of imide groups is 1. The van der Waals surface area contributed by atoms with E-state index in [2.05, 4.69) is 10.6 Å². The predicted molar refractivity (Wildman–Crippen MR) is 71.3 cm³/mol. The van der Waals surface area contributed by atoms with Gasteiger partial charge >= 0.3 is 6.03 Å². The molecular formula is C13H23N3O3. The first-order chi connectivity index (χ1) is 8.81. The normalized spacial score (nSPS) is 19.3. The smallest absolute Gasteiger partial charge is 0.325 e. The minimum Gasteiger partial charge on any atom is -0.354 e. The van der Waals surface area contributed by atoms with Gasteiger partial charge in [0.15, 0.2) is 0 Å². The van der Waals surface area contributed by atoms with E-state index < -0.39 is 12.1 Å². The third kappa shape index (κ3) is 4.54. The highest BCUT2D eigenvalue weighted by Gasteiger charge is 2.38. The lowest BCUT2D eigenvalue weighted by Crippen LogP contribution is -2.42. The predicted octanol–water partition coefficient (Wildman–Crippen LogP) is 0.725. The van der Waals surface area contributed by atoms with Gasteiger partial charge in [-0.3, -0.25) is 14.5 Å². The van der Waals surface area contributed by atoms with Gasteiger partial charge < -0.3 is 10.6 Å². The van der Waals surface area contributed by atoms with E-state index in [1.807, 2.05) is 27.7 Å². The molecule has 108 valence electrons. The first-order valence-electron chi connectivity index (χ1n) is 6.69. The minimum atomic E-state index is -0.495. The van der Waals surface area contributed by atoms with Gasteiger partial charge in [0, 0.05) is 6.54 Å². The molecule has 1 rings (SSSR count). The summed E-state index contributed by atoms with van der Waals surface area (Å²) in [4.78, 5) is 36.3. The van der Waals surface area contributed by atoms with Gasteiger partial charge in [0.25, 0.3) is 5.91 Å². The van der Waals surface area contributed by atoms with Crippen molar-refractivity contribution in [2.24, 2.45) is 11.8 Å². The van der Waals surface area contributed by atoms with Crippen molar-refractivity contribution in [2.45, 2.75) is 40.2 Å². The molecule has 0 spiro atoms. The molecule has 2 N–H and O–H groups in total. The fourth-order valence-electron chi connectivity index (χ4n) is 1.88. The monoisotopic (exact) mass is 269 g/mol. The summed E-state index contributed by atoms with van der Waals surface area (Å²) in [6.07, 6.45) is 0.592. The topological polar surface area (TPSA) is 78.5 Å². The SMILES string of the molecule is CC(C)CNC(=O)CN1C(=O)N[C@@H](CC(C)C)C1=O. The Labute approximate surface area is 113 Å². The maximum Gasteiger partial charge on any atom is 0.325 e. The maximum absolute atomic E-state index is 12.0. The van der Waals surface area contributed by atoms with Crippen LogP contribution in [0.5, 0.6) is 0 Å². The molecule has 6 nitrogen and oxygen atoms in total. The van der Waals surface area contributed by atoms with E-state index in [0.717, 1.165) is 4.90 Å². The van der Waals surface area contributed by atoms with Gasteiger partial charge in [-0.15, -0.1) is 0 Å². The Balaban J connectivity index is 2.52. The zero-order valence-corrected chi connectivity index (χ0v) is 12.0. The van der Waals surface area contributed by atoms with E-state index in [4.69, 9.17) is 0 Å². The maximum atomic E-state index is 12.0. The summed E-state index contributed by atoms with van der Waals surface area (Å²) in [7, 11) is 0. The number of amides is 4. The molecule has 0 unspecified atom stereocenters. The van der Waals surface area contributed by atoms with Crippen LogP contribution in [0.25, 0.3) is 0 Å². The lowest BCUT2D eigenvalue weighted by molar-refractivity contribution is -0.132. The van der Waals surface area contributed by atoms with Crippen molar-refractivity contribution >= 4 is 17.8 Å². The number of urea groups is 1. The van der Waals surface area contributed by atoms with Crippen molar-refractivity contribution in [3.8, 4) is 0 Å². The zero-order valence-electron chi connectivity index (χ0n) is 12.0. The van der Waals surface area contributed by atoms with E-state index in [9.17, 15) is 14.4 Å². The number of carbonyl (C=O) groups is 3. The summed E-state index contributed by atoms with van der Waals surface area (Å²) in [5.74, 6) is 0.0329. The van der Waals surface area contributed by atoms with Gasteiger partial charge in [-0.25, -0.2) is 4.79 Å².